The molecular weight excluding hydrogens is 280 g/mol. The highest BCUT2D eigenvalue weighted by atomic mass is 16.2. The Morgan fingerprint density at radius 1 is 1.32 bits per heavy atom. The van der Waals surface area contributed by atoms with Crippen molar-refractivity contribution in [3.05, 3.63) is 40.4 Å². The van der Waals surface area contributed by atoms with E-state index in [1.54, 1.807) is 13.0 Å². The number of piperazine rings is 1. The maximum absolute atomic E-state index is 12.2. The Bertz CT molecular complexity index is 747. The highest BCUT2D eigenvalue weighted by Crippen LogP contribution is 2.09. The second-order valence-corrected chi connectivity index (χ2v) is 5.85. The molecule has 0 bridgehead atoms. The zero-order chi connectivity index (χ0) is 15.7. The van der Waals surface area contributed by atoms with Crippen LogP contribution in [0.15, 0.2) is 29.1 Å². The standard InChI is InChI=1S/C16H20N4O2/c1-11(19-7-9-20(10-8-19)12(2)21)15-17-14-6-4-3-5-13(14)16(22)18-15/h3-6,11H,7-10H2,1-2H3,(H,17,18,22)/p+1/t11-/m1/s1. The largest absolute Gasteiger partial charge is 0.332 e. The summed E-state index contributed by atoms with van der Waals surface area (Å²) in [5.41, 5.74) is 0.643. The van der Waals surface area contributed by atoms with E-state index in [0.717, 1.165) is 37.5 Å². The lowest BCUT2D eigenvalue weighted by Gasteiger charge is -2.34. The van der Waals surface area contributed by atoms with Crippen molar-refractivity contribution in [1.82, 2.24) is 14.9 Å². The summed E-state index contributed by atoms with van der Waals surface area (Å²) in [6, 6.07) is 7.49. The highest BCUT2D eigenvalue weighted by molar-refractivity contribution is 5.77. The molecule has 0 saturated carbocycles. The first-order valence-corrected chi connectivity index (χ1v) is 7.65. The topological polar surface area (TPSA) is 70.5 Å². The molecule has 0 unspecified atom stereocenters. The summed E-state index contributed by atoms with van der Waals surface area (Å²) in [6.45, 7) is 6.94. The second kappa shape index (κ2) is 5.88. The quantitative estimate of drug-likeness (QED) is 0.802. The van der Waals surface area contributed by atoms with Gasteiger partial charge in [-0.3, -0.25) is 9.59 Å². The normalized spacial score (nSPS) is 17.6. The lowest BCUT2D eigenvalue weighted by atomic mass is 10.2. The van der Waals surface area contributed by atoms with E-state index in [9.17, 15) is 9.59 Å². The Morgan fingerprint density at radius 3 is 2.68 bits per heavy atom. The van der Waals surface area contributed by atoms with Crippen LogP contribution in [-0.2, 0) is 4.79 Å². The number of aromatic nitrogens is 2. The molecule has 22 heavy (non-hydrogen) atoms. The first kappa shape index (κ1) is 14.7. The number of aromatic amines is 1. The van der Waals surface area contributed by atoms with Gasteiger partial charge in [0.1, 0.15) is 6.04 Å². The summed E-state index contributed by atoms with van der Waals surface area (Å²) in [6.07, 6.45) is 0. The lowest BCUT2D eigenvalue weighted by Crippen LogP contribution is -3.14. The number of carbonyl (C=O) groups excluding carboxylic acids is 1. The Labute approximate surface area is 128 Å². The number of nitrogens with zero attached hydrogens (tertiary/aromatic N) is 2. The Hall–Kier alpha value is -2.21. The number of fused-ring (bicyclic) bond motifs is 1. The molecule has 1 atom stereocenters. The van der Waals surface area contributed by atoms with Gasteiger partial charge in [0.15, 0.2) is 5.82 Å². The monoisotopic (exact) mass is 301 g/mol. The van der Waals surface area contributed by atoms with Crippen molar-refractivity contribution in [3.8, 4) is 0 Å². The minimum atomic E-state index is -0.0887. The Kier molecular flexibility index (Phi) is 3.94. The van der Waals surface area contributed by atoms with Crippen LogP contribution in [0, 0.1) is 0 Å². The van der Waals surface area contributed by atoms with Gasteiger partial charge in [0, 0.05) is 6.92 Å². The number of rotatable bonds is 2. The summed E-state index contributed by atoms with van der Waals surface area (Å²) in [7, 11) is 0. The van der Waals surface area contributed by atoms with Crippen LogP contribution < -0.4 is 10.5 Å². The van der Waals surface area contributed by atoms with Crippen LogP contribution in [0.4, 0.5) is 0 Å². The molecular formula is C16H21N4O2+. The number of hydrogen-bond donors (Lipinski definition) is 2. The van der Waals surface area contributed by atoms with E-state index in [2.05, 4.69) is 16.9 Å². The molecule has 6 nitrogen and oxygen atoms in total. The van der Waals surface area contributed by atoms with Gasteiger partial charge in [-0.2, -0.15) is 0 Å². The van der Waals surface area contributed by atoms with Gasteiger partial charge in [-0.15, -0.1) is 0 Å². The summed E-state index contributed by atoms with van der Waals surface area (Å²) in [5.74, 6) is 0.846. The van der Waals surface area contributed by atoms with Gasteiger partial charge in [0.05, 0.1) is 37.1 Å². The maximum Gasteiger partial charge on any atom is 0.258 e. The van der Waals surface area contributed by atoms with Crippen LogP contribution >= 0.6 is 0 Å². The summed E-state index contributed by atoms with van der Waals surface area (Å²) < 4.78 is 0. The Balaban J connectivity index is 1.82. The minimum absolute atomic E-state index is 0.0887. The van der Waals surface area contributed by atoms with Gasteiger partial charge >= 0.3 is 0 Å². The molecule has 1 aliphatic rings. The van der Waals surface area contributed by atoms with E-state index in [4.69, 9.17) is 0 Å². The SMILES string of the molecule is CC(=O)N1CC[NH+]([C@H](C)c2nc3ccccc3c(=O)[nH]2)CC1. The van der Waals surface area contributed by atoms with Crippen LogP contribution in [0.3, 0.4) is 0 Å². The number of para-hydroxylation sites is 1. The first-order chi connectivity index (χ1) is 10.6. The van der Waals surface area contributed by atoms with Crippen molar-refractivity contribution in [1.29, 1.82) is 0 Å². The minimum Gasteiger partial charge on any atom is -0.332 e. The Morgan fingerprint density at radius 2 is 2.00 bits per heavy atom. The average Bonchev–Trinajstić information content (AvgIpc) is 2.54. The van der Waals surface area contributed by atoms with Crippen LogP contribution in [0.25, 0.3) is 10.9 Å². The van der Waals surface area contributed by atoms with Crippen LogP contribution in [0.2, 0.25) is 0 Å². The fourth-order valence-corrected chi connectivity index (χ4v) is 3.04. The number of amides is 1. The summed E-state index contributed by atoms with van der Waals surface area (Å²) in [5, 5.41) is 0.620. The number of nitrogens with one attached hydrogen (secondary N) is 2. The number of H-pyrrole nitrogens is 1. The first-order valence-electron chi connectivity index (χ1n) is 7.65. The lowest BCUT2D eigenvalue weighted by molar-refractivity contribution is -0.934. The molecule has 1 aromatic carbocycles. The van der Waals surface area contributed by atoms with Crippen LogP contribution in [0.5, 0.6) is 0 Å². The van der Waals surface area contributed by atoms with Crippen molar-refractivity contribution < 1.29 is 9.69 Å². The molecule has 2 N–H and O–H groups in total. The molecule has 2 heterocycles. The molecule has 1 fully saturated rings. The number of quaternary nitrogens is 1. The predicted molar refractivity (Wildman–Crippen MR) is 83.7 cm³/mol. The molecule has 1 amide bonds. The van der Waals surface area contributed by atoms with E-state index in [1.165, 1.54) is 4.90 Å². The molecule has 1 aromatic heterocycles. The maximum atomic E-state index is 12.2. The van der Waals surface area contributed by atoms with Crippen molar-refractivity contribution in [2.45, 2.75) is 19.9 Å². The second-order valence-electron chi connectivity index (χ2n) is 5.85. The van der Waals surface area contributed by atoms with E-state index in [-0.39, 0.29) is 17.5 Å². The zero-order valence-electron chi connectivity index (χ0n) is 12.9. The molecule has 0 spiro atoms. The molecule has 1 aliphatic heterocycles. The molecule has 0 radical (unpaired) electrons. The fraction of sp³-hybridized carbons (Fsp3) is 0.438. The molecule has 2 aromatic rings. The van der Waals surface area contributed by atoms with E-state index >= 15 is 0 Å². The van der Waals surface area contributed by atoms with Gasteiger partial charge < -0.3 is 14.8 Å². The summed E-state index contributed by atoms with van der Waals surface area (Å²) in [4.78, 5) is 34.3. The third-order valence-electron chi connectivity index (χ3n) is 4.50. The average molecular weight is 301 g/mol. The van der Waals surface area contributed by atoms with Crippen molar-refractivity contribution in [3.63, 3.8) is 0 Å². The number of carbonyl (C=O) groups is 1. The van der Waals surface area contributed by atoms with Gasteiger partial charge in [0.25, 0.3) is 5.56 Å². The number of benzene rings is 1. The van der Waals surface area contributed by atoms with Gasteiger partial charge in [-0.1, -0.05) is 12.1 Å². The van der Waals surface area contributed by atoms with E-state index in [1.807, 2.05) is 23.1 Å². The van der Waals surface area contributed by atoms with Gasteiger partial charge in [-0.05, 0) is 19.1 Å². The van der Waals surface area contributed by atoms with Crippen LogP contribution in [0.1, 0.15) is 25.7 Å². The number of hydrogen-bond acceptors (Lipinski definition) is 3. The third kappa shape index (κ3) is 2.74. The van der Waals surface area contributed by atoms with Gasteiger partial charge in [-0.25, -0.2) is 4.98 Å². The van der Waals surface area contributed by atoms with Gasteiger partial charge in [0.2, 0.25) is 5.91 Å². The van der Waals surface area contributed by atoms with E-state index in [0.29, 0.717) is 5.39 Å². The van der Waals surface area contributed by atoms with Crippen molar-refractivity contribution in [2.75, 3.05) is 26.2 Å². The third-order valence-corrected chi connectivity index (χ3v) is 4.50. The highest BCUT2D eigenvalue weighted by Gasteiger charge is 2.28. The predicted octanol–water partition coefficient (Wildman–Crippen LogP) is -0.269. The molecule has 0 aliphatic carbocycles. The zero-order valence-corrected chi connectivity index (χ0v) is 12.9. The molecule has 3 rings (SSSR count). The fourth-order valence-electron chi connectivity index (χ4n) is 3.04. The molecule has 116 valence electrons. The van der Waals surface area contributed by atoms with Crippen molar-refractivity contribution >= 4 is 16.8 Å². The smallest absolute Gasteiger partial charge is 0.258 e. The summed E-state index contributed by atoms with van der Waals surface area (Å²) >= 11 is 0. The molecule has 1 saturated heterocycles. The van der Waals surface area contributed by atoms with Crippen molar-refractivity contribution in [2.24, 2.45) is 0 Å². The molecule has 6 heteroatoms. The van der Waals surface area contributed by atoms with E-state index < -0.39 is 0 Å². The van der Waals surface area contributed by atoms with Crippen LogP contribution in [-0.4, -0.2) is 47.0 Å².